The fourth-order valence-corrected chi connectivity index (χ4v) is 9.77. The quantitative estimate of drug-likeness (QED) is 0.0443. The van der Waals surface area contributed by atoms with Crippen LogP contribution in [-0.4, -0.2) is 82.1 Å². The predicted molar refractivity (Wildman–Crippen MR) is 204 cm³/mol. The second-order valence-corrected chi connectivity index (χ2v) is 16.2. The molecule has 5 aromatic rings. The molecular formula is C36H30N8O5S4. The number of benzene rings is 3. The van der Waals surface area contributed by atoms with E-state index in [1.165, 1.54) is 39.8 Å². The lowest BCUT2D eigenvalue weighted by Crippen LogP contribution is -2.71. The third-order valence-electron chi connectivity index (χ3n) is 8.83. The molecule has 0 unspecified atom stereocenters. The van der Waals surface area contributed by atoms with Gasteiger partial charge >= 0.3 is 5.97 Å². The van der Waals surface area contributed by atoms with Crippen molar-refractivity contribution in [1.29, 1.82) is 0 Å². The van der Waals surface area contributed by atoms with Crippen molar-refractivity contribution in [1.82, 2.24) is 29.8 Å². The molecule has 3 N–H and O–H groups in total. The summed E-state index contributed by atoms with van der Waals surface area (Å²) in [6.45, 7) is 0. The molecule has 0 spiro atoms. The van der Waals surface area contributed by atoms with E-state index in [1.807, 2.05) is 91.0 Å². The maximum atomic E-state index is 13.9. The average molecular weight is 783 g/mol. The molecule has 1 saturated heterocycles. The number of thioether (sulfide) groups is 2. The van der Waals surface area contributed by atoms with Gasteiger partial charge in [-0.15, -0.1) is 22.0 Å². The number of amides is 2. The Labute approximate surface area is 320 Å². The molecule has 2 amide bonds. The first-order valence-corrected chi connectivity index (χ1v) is 20.2. The summed E-state index contributed by atoms with van der Waals surface area (Å²) >= 11 is 5.18. The van der Waals surface area contributed by atoms with Crippen molar-refractivity contribution < 1.29 is 24.3 Å². The van der Waals surface area contributed by atoms with E-state index in [-0.39, 0.29) is 23.3 Å². The minimum absolute atomic E-state index is 0.0285. The minimum Gasteiger partial charge on any atom is -0.477 e. The van der Waals surface area contributed by atoms with E-state index < -0.39 is 34.7 Å². The lowest BCUT2D eigenvalue weighted by molar-refractivity contribution is -0.150. The number of carbonyl (C=O) groups excluding carboxylic acids is 2. The third-order valence-corrected chi connectivity index (χ3v) is 12.7. The molecule has 2 fully saturated rings. The van der Waals surface area contributed by atoms with Gasteiger partial charge in [0.25, 0.3) is 11.8 Å². The van der Waals surface area contributed by atoms with Crippen LogP contribution in [0.1, 0.15) is 35.4 Å². The Morgan fingerprint density at radius 1 is 0.981 bits per heavy atom. The second kappa shape index (κ2) is 15.1. The Hall–Kier alpha value is -5.10. The molecule has 1 saturated carbocycles. The van der Waals surface area contributed by atoms with Gasteiger partial charge < -0.3 is 20.6 Å². The van der Waals surface area contributed by atoms with Gasteiger partial charge in [-0.1, -0.05) is 119 Å². The maximum Gasteiger partial charge on any atom is 0.352 e. The number of hydrogen-bond acceptors (Lipinski definition) is 14. The van der Waals surface area contributed by atoms with Crippen LogP contribution in [0.3, 0.4) is 0 Å². The summed E-state index contributed by atoms with van der Waals surface area (Å²) in [6, 6.07) is 29.1. The summed E-state index contributed by atoms with van der Waals surface area (Å²) in [5, 5.41) is 28.4. The number of carboxylic acid groups (broad SMARTS) is 1. The van der Waals surface area contributed by atoms with Crippen LogP contribution in [0.15, 0.2) is 117 Å². The highest BCUT2D eigenvalue weighted by Gasteiger charge is 2.54. The summed E-state index contributed by atoms with van der Waals surface area (Å²) in [7, 11) is 0. The highest BCUT2D eigenvalue weighted by Crippen LogP contribution is 2.43. The minimum atomic E-state index is -1.20. The molecule has 0 radical (unpaired) electrons. The largest absolute Gasteiger partial charge is 0.477 e. The number of β-lactam (4-membered cyclic amide) rings is 1. The van der Waals surface area contributed by atoms with Crippen LogP contribution < -0.4 is 10.6 Å². The molecule has 2 aliphatic heterocycles. The number of oxime groups is 1. The van der Waals surface area contributed by atoms with Crippen molar-refractivity contribution in [2.24, 2.45) is 5.16 Å². The van der Waals surface area contributed by atoms with Crippen molar-refractivity contribution in [2.45, 2.75) is 40.2 Å². The van der Waals surface area contributed by atoms with Gasteiger partial charge in [0, 0.05) is 23.0 Å². The molecule has 2 atom stereocenters. The first-order valence-electron chi connectivity index (χ1n) is 16.5. The number of nitrogens with zero attached hydrogens (tertiary/aromatic N) is 6. The fraction of sp³-hybridized carbons (Fsp3) is 0.222. The number of carbonyl (C=O) groups is 3. The summed E-state index contributed by atoms with van der Waals surface area (Å²) in [6.07, 6.45) is 1.50. The summed E-state index contributed by atoms with van der Waals surface area (Å²) < 4.78 is 5.24. The Bertz CT molecular complexity index is 2080. The Morgan fingerprint density at radius 2 is 1.62 bits per heavy atom. The summed E-state index contributed by atoms with van der Waals surface area (Å²) in [5.74, 6) is -1.69. The number of hydrogen-bond donors (Lipinski definition) is 3. The zero-order valence-corrected chi connectivity index (χ0v) is 31.0. The first kappa shape index (κ1) is 35.0. The van der Waals surface area contributed by atoms with Gasteiger partial charge in [-0.25, -0.2) is 4.79 Å². The molecule has 13 nitrogen and oxygen atoms in total. The highest BCUT2D eigenvalue weighted by molar-refractivity contribution is 8.01. The van der Waals surface area contributed by atoms with Gasteiger partial charge in [-0.3, -0.25) is 14.5 Å². The number of aliphatic carboxylic acids is 1. The molecule has 268 valence electrons. The Morgan fingerprint density at radius 3 is 2.19 bits per heavy atom. The van der Waals surface area contributed by atoms with E-state index in [9.17, 15) is 19.5 Å². The number of rotatable bonds is 14. The Kier molecular flexibility index (Phi) is 9.96. The van der Waals surface area contributed by atoms with E-state index in [0.717, 1.165) is 41.1 Å². The van der Waals surface area contributed by atoms with Crippen LogP contribution in [0.5, 0.6) is 0 Å². The van der Waals surface area contributed by atoms with E-state index in [1.54, 1.807) is 5.51 Å². The maximum absolute atomic E-state index is 13.9. The van der Waals surface area contributed by atoms with Gasteiger partial charge in [0.2, 0.25) is 16.7 Å². The van der Waals surface area contributed by atoms with Gasteiger partial charge in [0.05, 0.1) is 0 Å². The van der Waals surface area contributed by atoms with Crippen molar-refractivity contribution in [2.75, 3.05) is 16.8 Å². The number of aromatic nitrogens is 4. The smallest absolute Gasteiger partial charge is 0.352 e. The molecule has 3 aliphatic rings. The summed E-state index contributed by atoms with van der Waals surface area (Å²) in [5.41, 5.74) is 3.97. The highest BCUT2D eigenvalue weighted by atomic mass is 32.2. The van der Waals surface area contributed by atoms with Gasteiger partial charge in [-0.2, -0.15) is 9.36 Å². The molecule has 0 bridgehead atoms. The van der Waals surface area contributed by atoms with Crippen molar-refractivity contribution >= 4 is 75.0 Å². The van der Waals surface area contributed by atoms with Crippen LogP contribution in [0.25, 0.3) is 0 Å². The average Bonchev–Trinajstić information content (AvgIpc) is 3.65. The molecule has 4 heterocycles. The topological polar surface area (TPSA) is 172 Å². The molecular weight excluding hydrogens is 753 g/mol. The van der Waals surface area contributed by atoms with Gasteiger partial charge in [0.15, 0.2) is 4.34 Å². The number of anilines is 1. The standard InChI is InChI=1S/C36H30N8O5S4/c45-30(38-27-31(46)44-28(33(47)48)21(18-50-32(27)44)19-51-35-41-37-20-52-35)26(42-49-25-16-17-25)29-39-34(53-43-29)40-36(22-10-4-1-5-11-22,23-12-6-2-7-13-23)24-14-8-3-9-15-24/h1-15,20,25,27,32H,16-19H2,(H,38,45)(H,47,48)(H,39,40,43)/t27-,32+/m1/s1. The zero-order valence-electron chi connectivity index (χ0n) is 27.7. The van der Waals surface area contributed by atoms with Gasteiger partial charge in [-0.05, 0) is 35.1 Å². The van der Waals surface area contributed by atoms with Gasteiger partial charge in [0.1, 0.15) is 34.3 Å². The second-order valence-electron chi connectivity index (χ2n) is 12.3. The van der Waals surface area contributed by atoms with E-state index in [0.29, 0.717) is 26.6 Å². The molecule has 17 heteroatoms. The van der Waals surface area contributed by atoms with Crippen LogP contribution >= 0.6 is 46.4 Å². The van der Waals surface area contributed by atoms with Crippen molar-refractivity contribution in [3.05, 3.63) is 130 Å². The number of carboxylic acids is 1. The molecule has 3 aromatic carbocycles. The normalized spacial score (nSPS) is 18.6. The lowest BCUT2D eigenvalue weighted by Gasteiger charge is -2.49. The SMILES string of the molecule is O=C(O)C1=C(CSc2nncs2)CS[C@H]2[C@H](NC(=O)C(=NOC3CC3)c3nsc(NC(c4ccccc4)(c4ccccc4)c4ccccc4)n3)C(=O)N12. The first-order chi connectivity index (χ1) is 25.9. The Balaban J connectivity index is 1.06. The molecule has 1 aliphatic carbocycles. The molecule has 53 heavy (non-hydrogen) atoms. The molecule has 2 aromatic heterocycles. The van der Waals surface area contributed by atoms with E-state index in [2.05, 4.69) is 30.4 Å². The summed E-state index contributed by atoms with van der Waals surface area (Å²) in [4.78, 5) is 51.4. The predicted octanol–water partition coefficient (Wildman–Crippen LogP) is 5.21. The monoisotopic (exact) mass is 782 g/mol. The fourth-order valence-electron chi connectivity index (χ4n) is 6.17. The third kappa shape index (κ3) is 7.04. The van der Waals surface area contributed by atoms with Crippen LogP contribution in [-0.2, 0) is 24.8 Å². The zero-order chi connectivity index (χ0) is 36.4. The van der Waals surface area contributed by atoms with E-state index in [4.69, 9.17) is 9.82 Å². The molecule has 8 rings (SSSR count). The lowest BCUT2D eigenvalue weighted by atomic mass is 9.77. The van der Waals surface area contributed by atoms with Crippen LogP contribution in [0.2, 0.25) is 0 Å². The van der Waals surface area contributed by atoms with Crippen molar-refractivity contribution in [3.8, 4) is 0 Å². The van der Waals surface area contributed by atoms with E-state index >= 15 is 0 Å². The van der Waals surface area contributed by atoms with Crippen LogP contribution in [0, 0.1) is 0 Å². The van der Waals surface area contributed by atoms with Crippen LogP contribution in [0.4, 0.5) is 5.13 Å². The van der Waals surface area contributed by atoms with Crippen molar-refractivity contribution in [3.63, 3.8) is 0 Å². The number of nitrogens with one attached hydrogen (secondary N) is 2. The number of fused-ring (bicyclic) bond motifs is 1.